The summed E-state index contributed by atoms with van der Waals surface area (Å²) in [5.74, 6) is -0.412. The number of aromatic nitrogens is 1. The van der Waals surface area contributed by atoms with Crippen LogP contribution in [0.5, 0.6) is 10.9 Å². The molecule has 0 aliphatic carbocycles. The Morgan fingerprint density at radius 1 is 1.53 bits per heavy atom. The van der Waals surface area contributed by atoms with Crippen LogP contribution in [-0.4, -0.2) is 16.1 Å². The number of thiazole rings is 1. The molecule has 0 bridgehead atoms. The lowest BCUT2D eigenvalue weighted by Crippen LogP contribution is -1.99. The van der Waals surface area contributed by atoms with Crippen LogP contribution < -0.4 is 4.74 Å². The number of benzene rings is 1. The first-order valence-electron chi connectivity index (χ1n) is 4.69. The Hall–Kier alpha value is -1.59. The Balaban J connectivity index is 2.23. The monoisotopic (exact) mass is 269 g/mol. The molecule has 0 saturated heterocycles. The highest BCUT2D eigenvalue weighted by molar-refractivity contribution is 7.11. The summed E-state index contributed by atoms with van der Waals surface area (Å²) in [4.78, 5) is 14.8. The minimum absolute atomic E-state index is 0.259. The Kier molecular flexibility index (Phi) is 3.31. The van der Waals surface area contributed by atoms with Crippen LogP contribution >= 0.6 is 22.9 Å². The summed E-state index contributed by atoms with van der Waals surface area (Å²) in [6.07, 6.45) is 0. The second kappa shape index (κ2) is 4.73. The molecule has 0 spiro atoms. The lowest BCUT2D eigenvalue weighted by molar-refractivity contribution is 0.0696. The predicted molar refractivity (Wildman–Crippen MR) is 65.3 cm³/mol. The van der Waals surface area contributed by atoms with Crippen molar-refractivity contribution < 1.29 is 14.6 Å². The Labute approximate surface area is 106 Å². The van der Waals surface area contributed by atoms with E-state index in [9.17, 15) is 4.79 Å². The quantitative estimate of drug-likeness (QED) is 0.925. The zero-order valence-electron chi connectivity index (χ0n) is 8.81. The minimum Gasteiger partial charge on any atom is -0.478 e. The van der Waals surface area contributed by atoms with E-state index in [1.165, 1.54) is 17.4 Å². The molecular formula is C11H8ClNO3S. The van der Waals surface area contributed by atoms with Gasteiger partial charge in [-0.15, -0.1) is 0 Å². The third kappa shape index (κ3) is 2.75. The van der Waals surface area contributed by atoms with Crippen molar-refractivity contribution in [1.82, 2.24) is 4.98 Å². The van der Waals surface area contributed by atoms with Gasteiger partial charge in [-0.25, -0.2) is 4.79 Å². The second-order valence-corrected chi connectivity index (χ2v) is 4.53. The SMILES string of the molecule is Cc1cc(Oc2nc(Cl)cs2)ccc1C(=O)O. The first-order chi connectivity index (χ1) is 8.06. The highest BCUT2D eigenvalue weighted by Gasteiger charge is 2.09. The molecule has 1 aromatic heterocycles. The first-order valence-corrected chi connectivity index (χ1v) is 5.95. The molecule has 1 heterocycles. The van der Waals surface area contributed by atoms with Crippen LogP contribution in [0.3, 0.4) is 0 Å². The average Bonchev–Trinajstić information content (AvgIpc) is 2.63. The lowest BCUT2D eigenvalue weighted by Gasteiger charge is -2.04. The van der Waals surface area contributed by atoms with Gasteiger partial charge < -0.3 is 9.84 Å². The van der Waals surface area contributed by atoms with E-state index in [0.29, 0.717) is 21.7 Å². The number of nitrogens with zero attached hydrogens (tertiary/aromatic N) is 1. The molecule has 0 unspecified atom stereocenters. The molecule has 0 fully saturated rings. The number of aromatic carboxylic acids is 1. The van der Waals surface area contributed by atoms with Crippen LogP contribution in [0.4, 0.5) is 0 Å². The number of hydrogen-bond acceptors (Lipinski definition) is 4. The number of halogens is 1. The number of carboxylic acid groups (broad SMARTS) is 1. The van der Waals surface area contributed by atoms with Gasteiger partial charge in [0, 0.05) is 5.38 Å². The summed E-state index contributed by atoms with van der Waals surface area (Å²) in [5.41, 5.74) is 0.896. The van der Waals surface area contributed by atoms with Crippen molar-refractivity contribution in [2.24, 2.45) is 0 Å². The first kappa shape index (κ1) is 11.9. The summed E-state index contributed by atoms with van der Waals surface area (Å²) in [5, 5.41) is 11.3. The molecule has 0 amide bonds. The topological polar surface area (TPSA) is 59.4 Å². The Morgan fingerprint density at radius 2 is 2.29 bits per heavy atom. The van der Waals surface area contributed by atoms with Crippen LogP contribution in [0.15, 0.2) is 23.6 Å². The molecule has 0 radical (unpaired) electrons. The maximum atomic E-state index is 10.8. The number of ether oxygens (including phenoxy) is 1. The van der Waals surface area contributed by atoms with Crippen LogP contribution in [0.25, 0.3) is 0 Å². The van der Waals surface area contributed by atoms with E-state index >= 15 is 0 Å². The molecule has 0 aliphatic rings. The summed E-state index contributed by atoms with van der Waals surface area (Å²) in [7, 11) is 0. The highest BCUT2D eigenvalue weighted by Crippen LogP contribution is 2.28. The second-order valence-electron chi connectivity index (χ2n) is 3.32. The fraction of sp³-hybridized carbons (Fsp3) is 0.0909. The van der Waals surface area contributed by atoms with Crippen molar-refractivity contribution in [3.05, 3.63) is 39.9 Å². The largest absolute Gasteiger partial charge is 0.478 e. The maximum Gasteiger partial charge on any atom is 0.335 e. The van der Waals surface area contributed by atoms with Gasteiger partial charge in [-0.3, -0.25) is 0 Å². The third-order valence-electron chi connectivity index (χ3n) is 2.09. The average molecular weight is 270 g/mol. The van der Waals surface area contributed by atoms with E-state index < -0.39 is 5.97 Å². The van der Waals surface area contributed by atoms with Crippen LogP contribution in [0.2, 0.25) is 5.15 Å². The molecular weight excluding hydrogens is 262 g/mol. The van der Waals surface area contributed by atoms with Crippen LogP contribution in [0, 0.1) is 6.92 Å². The number of carbonyl (C=O) groups is 1. The van der Waals surface area contributed by atoms with Gasteiger partial charge >= 0.3 is 5.97 Å². The molecule has 17 heavy (non-hydrogen) atoms. The van der Waals surface area contributed by atoms with Gasteiger partial charge in [-0.2, -0.15) is 4.98 Å². The van der Waals surface area contributed by atoms with Gasteiger partial charge in [0.2, 0.25) is 0 Å². The minimum atomic E-state index is -0.952. The molecule has 1 N–H and O–H groups in total. The van der Waals surface area contributed by atoms with E-state index in [4.69, 9.17) is 21.4 Å². The number of aryl methyl sites for hydroxylation is 1. The normalized spacial score (nSPS) is 10.2. The molecule has 2 rings (SSSR count). The van der Waals surface area contributed by atoms with Crippen molar-refractivity contribution in [3.8, 4) is 10.9 Å². The Morgan fingerprint density at radius 3 is 2.82 bits per heavy atom. The molecule has 6 heteroatoms. The summed E-state index contributed by atoms with van der Waals surface area (Å²) in [6.45, 7) is 1.71. The standard InChI is InChI=1S/C11H8ClNO3S/c1-6-4-7(2-3-8(6)10(14)15)16-11-13-9(12)5-17-11/h2-5H,1H3,(H,14,15). The fourth-order valence-electron chi connectivity index (χ4n) is 1.33. The van der Waals surface area contributed by atoms with E-state index in [-0.39, 0.29) is 5.56 Å². The smallest absolute Gasteiger partial charge is 0.335 e. The van der Waals surface area contributed by atoms with Crippen molar-refractivity contribution in [2.75, 3.05) is 0 Å². The fourth-order valence-corrected chi connectivity index (χ4v) is 2.13. The van der Waals surface area contributed by atoms with E-state index in [1.807, 2.05) is 0 Å². The van der Waals surface area contributed by atoms with Gasteiger partial charge in [0.05, 0.1) is 5.56 Å². The van der Waals surface area contributed by atoms with Crippen LogP contribution in [0.1, 0.15) is 15.9 Å². The summed E-state index contributed by atoms with van der Waals surface area (Å²) in [6, 6.07) is 4.74. The van der Waals surface area contributed by atoms with Crippen molar-refractivity contribution in [1.29, 1.82) is 0 Å². The molecule has 88 valence electrons. The number of carboxylic acids is 1. The Bertz CT molecular complexity index is 568. The lowest BCUT2D eigenvalue weighted by atomic mass is 10.1. The summed E-state index contributed by atoms with van der Waals surface area (Å²) >= 11 is 6.95. The van der Waals surface area contributed by atoms with Gasteiger partial charge in [0.25, 0.3) is 5.19 Å². The van der Waals surface area contributed by atoms with E-state index in [2.05, 4.69) is 4.98 Å². The molecule has 1 aromatic carbocycles. The van der Waals surface area contributed by atoms with Gasteiger partial charge in [-0.1, -0.05) is 22.9 Å². The van der Waals surface area contributed by atoms with Gasteiger partial charge in [0.1, 0.15) is 10.9 Å². The third-order valence-corrected chi connectivity index (χ3v) is 3.13. The number of hydrogen-bond donors (Lipinski definition) is 1. The molecule has 0 saturated carbocycles. The van der Waals surface area contributed by atoms with E-state index in [0.717, 1.165) is 0 Å². The van der Waals surface area contributed by atoms with Crippen LogP contribution in [-0.2, 0) is 0 Å². The molecule has 0 atom stereocenters. The summed E-state index contributed by atoms with van der Waals surface area (Å²) < 4.78 is 5.44. The highest BCUT2D eigenvalue weighted by atomic mass is 35.5. The van der Waals surface area contributed by atoms with Gasteiger partial charge in [0.15, 0.2) is 0 Å². The molecule has 0 aliphatic heterocycles. The predicted octanol–water partition coefficient (Wildman–Crippen LogP) is 3.60. The molecule has 4 nitrogen and oxygen atoms in total. The van der Waals surface area contributed by atoms with Crippen molar-refractivity contribution in [2.45, 2.75) is 6.92 Å². The van der Waals surface area contributed by atoms with Crippen molar-refractivity contribution >= 4 is 28.9 Å². The van der Waals surface area contributed by atoms with Gasteiger partial charge in [-0.05, 0) is 30.7 Å². The van der Waals surface area contributed by atoms with E-state index in [1.54, 1.807) is 24.4 Å². The molecule has 2 aromatic rings. The zero-order valence-corrected chi connectivity index (χ0v) is 10.4. The van der Waals surface area contributed by atoms with Crippen molar-refractivity contribution in [3.63, 3.8) is 0 Å². The maximum absolute atomic E-state index is 10.8. The zero-order chi connectivity index (χ0) is 12.4. The number of rotatable bonds is 3.